The highest BCUT2D eigenvalue weighted by atomic mass is 16.6. The summed E-state index contributed by atoms with van der Waals surface area (Å²) in [4.78, 5) is 32.7. The molecular formula is C13H12O9. The number of aliphatic carboxylic acids is 2. The van der Waals surface area contributed by atoms with Crippen LogP contribution in [0.15, 0.2) is 24.3 Å². The molecule has 9 nitrogen and oxygen atoms in total. The zero-order valence-electron chi connectivity index (χ0n) is 10.9. The van der Waals surface area contributed by atoms with Gasteiger partial charge in [-0.3, -0.25) is 0 Å². The van der Waals surface area contributed by atoms with Crippen LogP contribution >= 0.6 is 0 Å². The molecule has 0 heterocycles. The quantitative estimate of drug-likeness (QED) is 0.266. The molecule has 0 unspecified atom stereocenters. The molecule has 0 aliphatic heterocycles. The van der Waals surface area contributed by atoms with Crippen LogP contribution in [-0.4, -0.2) is 55.6 Å². The zero-order valence-corrected chi connectivity index (χ0v) is 10.9. The predicted molar refractivity (Wildman–Crippen MR) is 70.0 cm³/mol. The highest BCUT2D eigenvalue weighted by Gasteiger charge is 2.35. The number of aromatic hydroxyl groups is 2. The molecule has 0 fully saturated rings. The number of hydrogen-bond acceptors (Lipinski definition) is 7. The maximum atomic E-state index is 11.4. The van der Waals surface area contributed by atoms with Crippen LogP contribution in [0.2, 0.25) is 0 Å². The van der Waals surface area contributed by atoms with Crippen LogP contribution in [-0.2, 0) is 19.1 Å². The molecule has 0 saturated carbocycles. The normalized spacial score (nSPS) is 13.5. The lowest BCUT2D eigenvalue weighted by Crippen LogP contribution is -2.42. The number of carbonyl (C=O) groups is 3. The molecule has 2 atom stereocenters. The number of phenolic OH excluding ortho intramolecular Hbond substituents is 2. The molecule has 0 amide bonds. The van der Waals surface area contributed by atoms with Gasteiger partial charge in [0, 0.05) is 6.08 Å². The number of esters is 1. The van der Waals surface area contributed by atoms with Gasteiger partial charge in [-0.25, -0.2) is 14.4 Å². The Bertz CT molecular complexity index is 620. The Morgan fingerprint density at radius 3 is 2.18 bits per heavy atom. The van der Waals surface area contributed by atoms with Gasteiger partial charge in [0.25, 0.3) is 0 Å². The molecule has 1 aromatic carbocycles. The number of aliphatic hydroxyl groups excluding tert-OH is 1. The molecule has 1 aromatic rings. The number of aliphatic hydroxyl groups is 1. The predicted octanol–water partition coefficient (Wildman–Crippen LogP) is -0.447. The van der Waals surface area contributed by atoms with Crippen molar-refractivity contribution < 1.29 is 44.7 Å². The van der Waals surface area contributed by atoms with Gasteiger partial charge < -0.3 is 30.3 Å². The summed E-state index contributed by atoms with van der Waals surface area (Å²) >= 11 is 0. The summed E-state index contributed by atoms with van der Waals surface area (Å²) in [6.07, 6.45) is -2.76. The van der Waals surface area contributed by atoms with E-state index in [0.29, 0.717) is 0 Å². The topological polar surface area (TPSA) is 162 Å². The molecule has 1 rings (SSSR count). The smallest absolute Gasteiger partial charge is 0.348 e. The standard InChI is InChI=1S/C13H12O9/c14-7-3-1-6(5-8(7)15)2-4-9(16)22-11(13(20)21)10(17)12(18)19/h1-5,10-11,14-15,17H,(H,18,19)(H,20,21)/t10-,11+/m0/s1. The first-order chi connectivity index (χ1) is 10.2. The summed E-state index contributed by atoms with van der Waals surface area (Å²) < 4.78 is 4.34. The van der Waals surface area contributed by atoms with Crippen molar-refractivity contribution in [2.75, 3.05) is 0 Å². The molecule has 9 heteroatoms. The summed E-state index contributed by atoms with van der Waals surface area (Å²) in [6.45, 7) is 0. The van der Waals surface area contributed by atoms with Crippen LogP contribution in [0.1, 0.15) is 5.56 Å². The summed E-state index contributed by atoms with van der Waals surface area (Å²) in [7, 11) is 0. The third-order valence-corrected chi connectivity index (χ3v) is 2.44. The Balaban J connectivity index is 2.78. The molecule has 0 aromatic heterocycles. The van der Waals surface area contributed by atoms with Gasteiger partial charge in [0.1, 0.15) is 0 Å². The summed E-state index contributed by atoms with van der Waals surface area (Å²) in [5, 5.41) is 44.7. The summed E-state index contributed by atoms with van der Waals surface area (Å²) in [5.74, 6) is -5.68. The highest BCUT2D eigenvalue weighted by molar-refractivity contribution is 5.91. The van der Waals surface area contributed by atoms with Crippen LogP contribution in [0.3, 0.4) is 0 Å². The number of carbonyl (C=O) groups excluding carboxylic acids is 1. The van der Waals surface area contributed by atoms with Gasteiger partial charge in [-0.15, -0.1) is 0 Å². The van der Waals surface area contributed by atoms with Crippen LogP contribution in [0, 0.1) is 0 Å². The van der Waals surface area contributed by atoms with E-state index in [1.807, 2.05) is 0 Å². The molecule has 5 N–H and O–H groups in total. The molecule has 0 spiro atoms. The van der Waals surface area contributed by atoms with Crippen molar-refractivity contribution in [3.8, 4) is 11.5 Å². The third kappa shape index (κ3) is 4.49. The zero-order chi connectivity index (χ0) is 16.9. The molecule has 0 radical (unpaired) electrons. The van der Waals surface area contributed by atoms with Crippen molar-refractivity contribution in [1.82, 2.24) is 0 Å². The summed E-state index contributed by atoms with van der Waals surface area (Å²) in [6, 6.07) is 3.63. The minimum absolute atomic E-state index is 0.290. The van der Waals surface area contributed by atoms with Crippen molar-refractivity contribution in [1.29, 1.82) is 0 Å². The average Bonchev–Trinajstić information content (AvgIpc) is 2.44. The van der Waals surface area contributed by atoms with Gasteiger partial charge in [0.05, 0.1) is 0 Å². The molecule has 22 heavy (non-hydrogen) atoms. The second-order valence-electron chi connectivity index (χ2n) is 4.06. The number of hydrogen-bond donors (Lipinski definition) is 5. The average molecular weight is 312 g/mol. The van der Waals surface area contributed by atoms with E-state index in [0.717, 1.165) is 24.3 Å². The fraction of sp³-hybridized carbons (Fsp3) is 0.154. The maximum absolute atomic E-state index is 11.4. The molecule has 0 aliphatic carbocycles. The van der Waals surface area contributed by atoms with E-state index in [4.69, 9.17) is 20.4 Å². The highest BCUT2D eigenvalue weighted by Crippen LogP contribution is 2.25. The Hall–Kier alpha value is -3.07. The fourth-order valence-electron chi connectivity index (χ4n) is 1.35. The van der Waals surface area contributed by atoms with E-state index >= 15 is 0 Å². The van der Waals surface area contributed by atoms with Gasteiger partial charge in [-0.2, -0.15) is 0 Å². The minimum atomic E-state index is -2.41. The largest absolute Gasteiger partial charge is 0.504 e. The lowest BCUT2D eigenvalue weighted by molar-refractivity contribution is -0.176. The Morgan fingerprint density at radius 1 is 1.05 bits per heavy atom. The van der Waals surface area contributed by atoms with E-state index in [1.54, 1.807) is 0 Å². The monoisotopic (exact) mass is 312 g/mol. The van der Waals surface area contributed by atoms with Gasteiger partial charge in [-0.05, 0) is 23.8 Å². The Morgan fingerprint density at radius 2 is 1.68 bits per heavy atom. The number of carboxylic acids is 2. The van der Waals surface area contributed by atoms with Crippen molar-refractivity contribution in [3.05, 3.63) is 29.8 Å². The molecule has 0 bridgehead atoms. The van der Waals surface area contributed by atoms with E-state index in [9.17, 15) is 19.5 Å². The van der Waals surface area contributed by atoms with Gasteiger partial charge in [0.15, 0.2) is 17.6 Å². The van der Waals surface area contributed by atoms with Gasteiger partial charge >= 0.3 is 17.9 Å². The molecule has 0 saturated heterocycles. The van der Waals surface area contributed by atoms with Crippen molar-refractivity contribution >= 4 is 24.0 Å². The lowest BCUT2D eigenvalue weighted by atomic mass is 10.2. The number of benzene rings is 1. The SMILES string of the molecule is O=C(C=Cc1ccc(O)c(O)c1)O[C@@H](C(=O)O)[C@H](O)C(=O)O. The van der Waals surface area contributed by atoms with E-state index in [-0.39, 0.29) is 11.3 Å². The number of carboxylic acid groups (broad SMARTS) is 2. The van der Waals surface area contributed by atoms with E-state index in [2.05, 4.69) is 4.74 Å². The van der Waals surface area contributed by atoms with Crippen LogP contribution in [0.5, 0.6) is 11.5 Å². The molecule has 118 valence electrons. The van der Waals surface area contributed by atoms with E-state index < -0.39 is 35.9 Å². The van der Waals surface area contributed by atoms with Crippen LogP contribution < -0.4 is 0 Å². The number of ether oxygens (including phenoxy) is 1. The van der Waals surface area contributed by atoms with Crippen molar-refractivity contribution in [3.63, 3.8) is 0 Å². The second kappa shape index (κ2) is 7.09. The number of phenols is 2. The second-order valence-corrected chi connectivity index (χ2v) is 4.06. The molecular weight excluding hydrogens is 300 g/mol. The first-order valence-electron chi connectivity index (χ1n) is 5.76. The lowest BCUT2D eigenvalue weighted by Gasteiger charge is -2.15. The first kappa shape index (κ1) is 17.0. The minimum Gasteiger partial charge on any atom is -0.504 e. The van der Waals surface area contributed by atoms with Crippen LogP contribution in [0.4, 0.5) is 0 Å². The molecule has 0 aliphatic rings. The summed E-state index contributed by atoms with van der Waals surface area (Å²) in [5.41, 5.74) is 0.290. The maximum Gasteiger partial charge on any atom is 0.348 e. The van der Waals surface area contributed by atoms with Crippen LogP contribution in [0.25, 0.3) is 6.08 Å². The van der Waals surface area contributed by atoms with E-state index in [1.165, 1.54) is 6.07 Å². The fourth-order valence-corrected chi connectivity index (χ4v) is 1.35. The Kier molecular flexibility index (Phi) is 5.47. The van der Waals surface area contributed by atoms with Crippen molar-refractivity contribution in [2.45, 2.75) is 12.2 Å². The van der Waals surface area contributed by atoms with Gasteiger partial charge in [0.2, 0.25) is 6.10 Å². The van der Waals surface area contributed by atoms with Gasteiger partial charge in [-0.1, -0.05) is 6.07 Å². The van der Waals surface area contributed by atoms with Crippen molar-refractivity contribution in [2.24, 2.45) is 0 Å². The Labute approximate surface area is 123 Å². The first-order valence-corrected chi connectivity index (χ1v) is 5.76. The number of rotatable bonds is 6. The third-order valence-electron chi connectivity index (χ3n) is 2.44.